The minimum atomic E-state index is -0.312. The lowest BCUT2D eigenvalue weighted by molar-refractivity contribution is -0.117. The number of benzene rings is 1. The highest BCUT2D eigenvalue weighted by Crippen LogP contribution is 2.31. The summed E-state index contributed by atoms with van der Waals surface area (Å²) in [6.45, 7) is 2.73. The number of aryl methyl sites for hydroxylation is 1. The van der Waals surface area contributed by atoms with Gasteiger partial charge in [-0.1, -0.05) is 17.7 Å². The van der Waals surface area contributed by atoms with Crippen molar-refractivity contribution >= 4 is 5.91 Å². The van der Waals surface area contributed by atoms with Gasteiger partial charge in [-0.3, -0.25) is 4.79 Å². The van der Waals surface area contributed by atoms with Crippen LogP contribution in [0.25, 0.3) is 0 Å². The molecule has 0 aromatic heterocycles. The summed E-state index contributed by atoms with van der Waals surface area (Å²) in [7, 11) is 0. The first-order valence-electron chi connectivity index (χ1n) is 4.70. The minimum absolute atomic E-state index is 0.268. The van der Waals surface area contributed by atoms with Crippen molar-refractivity contribution < 1.29 is 9.53 Å². The summed E-state index contributed by atoms with van der Waals surface area (Å²) in [5, 5.41) is 0. The van der Waals surface area contributed by atoms with Gasteiger partial charge in [0.2, 0.25) is 5.91 Å². The lowest BCUT2D eigenvalue weighted by atomic mass is 10.0. The van der Waals surface area contributed by atoms with Crippen LogP contribution in [0.2, 0.25) is 0 Å². The summed E-state index contributed by atoms with van der Waals surface area (Å²) in [5.41, 5.74) is 8.45. The SMILES string of the molecule is Cc1cc2c(c(CC(N)=O)c1)OCC2. The first kappa shape index (κ1) is 9.06. The fourth-order valence-electron chi connectivity index (χ4n) is 1.88. The number of rotatable bonds is 2. The van der Waals surface area contributed by atoms with Gasteiger partial charge in [0.1, 0.15) is 5.75 Å². The molecule has 2 N–H and O–H groups in total. The second-order valence-corrected chi connectivity index (χ2v) is 3.65. The lowest BCUT2D eigenvalue weighted by Crippen LogP contribution is -2.14. The van der Waals surface area contributed by atoms with Crippen LogP contribution in [0.15, 0.2) is 12.1 Å². The van der Waals surface area contributed by atoms with E-state index in [1.807, 2.05) is 13.0 Å². The van der Waals surface area contributed by atoms with Crippen LogP contribution in [-0.2, 0) is 17.6 Å². The first-order chi connectivity index (χ1) is 6.66. The van der Waals surface area contributed by atoms with E-state index in [-0.39, 0.29) is 12.3 Å². The maximum Gasteiger partial charge on any atom is 0.221 e. The smallest absolute Gasteiger partial charge is 0.221 e. The van der Waals surface area contributed by atoms with Crippen LogP contribution in [0.4, 0.5) is 0 Å². The topological polar surface area (TPSA) is 52.3 Å². The molecule has 1 heterocycles. The minimum Gasteiger partial charge on any atom is -0.493 e. The quantitative estimate of drug-likeness (QED) is 0.756. The molecule has 0 radical (unpaired) electrons. The zero-order valence-electron chi connectivity index (χ0n) is 8.17. The third kappa shape index (κ3) is 1.58. The van der Waals surface area contributed by atoms with Gasteiger partial charge in [-0.05, 0) is 12.5 Å². The van der Waals surface area contributed by atoms with Gasteiger partial charge in [-0.25, -0.2) is 0 Å². The number of ether oxygens (including phenoxy) is 1. The van der Waals surface area contributed by atoms with E-state index in [4.69, 9.17) is 10.5 Å². The molecule has 1 amide bonds. The highest BCUT2D eigenvalue weighted by molar-refractivity contribution is 5.77. The van der Waals surface area contributed by atoms with E-state index < -0.39 is 0 Å². The summed E-state index contributed by atoms with van der Waals surface area (Å²) in [4.78, 5) is 10.8. The molecule has 2 rings (SSSR count). The van der Waals surface area contributed by atoms with Crippen molar-refractivity contribution in [2.24, 2.45) is 5.73 Å². The van der Waals surface area contributed by atoms with Gasteiger partial charge < -0.3 is 10.5 Å². The molecule has 1 aliphatic heterocycles. The van der Waals surface area contributed by atoms with Crippen molar-refractivity contribution in [3.05, 3.63) is 28.8 Å². The van der Waals surface area contributed by atoms with Crippen LogP contribution < -0.4 is 10.5 Å². The summed E-state index contributed by atoms with van der Waals surface area (Å²) in [6, 6.07) is 4.07. The van der Waals surface area contributed by atoms with Crippen molar-refractivity contribution in [2.45, 2.75) is 19.8 Å². The van der Waals surface area contributed by atoms with Crippen LogP contribution in [0.1, 0.15) is 16.7 Å². The molecule has 0 fully saturated rings. The zero-order valence-corrected chi connectivity index (χ0v) is 8.17. The number of fused-ring (bicyclic) bond motifs is 1. The molecule has 1 aliphatic rings. The fraction of sp³-hybridized carbons (Fsp3) is 0.364. The number of carbonyl (C=O) groups is 1. The normalized spacial score (nSPS) is 13.5. The van der Waals surface area contributed by atoms with Gasteiger partial charge in [0.15, 0.2) is 0 Å². The molecule has 0 unspecified atom stereocenters. The number of amides is 1. The predicted octanol–water partition coefficient (Wildman–Crippen LogP) is 0.958. The molecular weight excluding hydrogens is 178 g/mol. The second-order valence-electron chi connectivity index (χ2n) is 3.65. The molecule has 0 saturated heterocycles. The molecule has 0 saturated carbocycles. The van der Waals surface area contributed by atoms with Gasteiger partial charge in [0, 0.05) is 12.0 Å². The van der Waals surface area contributed by atoms with Crippen molar-refractivity contribution in [1.29, 1.82) is 0 Å². The van der Waals surface area contributed by atoms with Crippen molar-refractivity contribution in [1.82, 2.24) is 0 Å². The van der Waals surface area contributed by atoms with Crippen LogP contribution in [0.3, 0.4) is 0 Å². The number of hydrogen-bond acceptors (Lipinski definition) is 2. The summed E-state index contributed by atoms with van der Waals surface area (Å²) >= 11 is 0. The number of carbonyl (C=O) groups excluding carboxylic acids is 1. The molecule has 0 aliphatic carbocycles. The Balaban J connectivity index is 2.43. The van der Waals surface area contributed by atoms with Crippen LogP contribution in [0, 0.1) is 6.92 Å². The van der Waals surface area contributed by atoms with Gasteiger partial charge in [-0.15, -0.1) is 0 Å². The van der Waals surface area contributed by atoms with E-state index in [9.17, 15) is 4.79 Å². The molecule has 0 bridgehead atoms. The Kier molecular flexibility index (Phi) is 2.15. The van der Waals surface area contributed by atoms with E-state index in [0.717, 1.165) is 23.3 Å². The second kappa shape index (κ2) is 3.33. The Morgan fingerprint density at radius 1 is 1.57 bits per heavy atom. The van der Waals surface area contributed by atoms with E-state index in [1.54, 1.807) is 0 Å². The Labute approximate surface area is 82.9 Å². The molecular formula is C11H13NO2. The standard InChI is InChI=1S/C11H13NO2/c1-7-4-8-2-3-14-11(8)9(5-7)6-10(12)13/h4-5H,2-3,6H2,1H3,(H2,12,13). The molecule has 3 nitrogen and oxygen atoms in total. The monoisotopic (exact) mass is 191 g/mol. The van der Waals surface area contributed by atoms with Gasteiger partial charge in [0.05, 0.1) is 13.0 Å². The number of primary amides is 1. The van der Waals surface area contributed by atoms with Crippen molar-refractivity contribution in [3.63, 3.8) is 0 Å². The van der Waals surface area contributed by atoms with Crippen LogP contribution in [-0.4, -0.2) is 12.5 Å². The Hall–Kier alpha value is -1.51. The summed E-state index contributed by atoms with van der Waals surface area (Å²) in [6.07, 6.45) is 1.20. The fourth-order valence-corrected chi connectivity index (χ4v) is 1.88. The van der Waals surface area contributed by atoms with Gasteiger partial charge in [0.25, 0.3) is 0 Å². The molecule has 74 valence electrons. The predicted molar refractivity (Wildman–Crippen MR) is 53.3 cm³/mol. The van der Waals surface area contributed by atoms with Gasteiger partial charge >= 0.3 is 0 Å². The summed E-state index contributed by atoms with van der Waals surface area (Å²) in [5.74, 6) is 0.558. The van der Waals surface area contributed by atoms with Crippen molar-refractivity contribution in [2.75, 3.05) is 6.61 Å². The Bertz CT molecular complexity index is 385. The largest absolute Gasteiger partial charge is 0.493 e. The third-order valence-corrected chi connectivity index (χ3v) is 2.37. The van der Waals surface area contributed by atoms with Gasteiger partial charge in [-0.2, -0.15) is 0 Å². The highest BCUT2D eigenvalue weighted by Gasteiger charge is 2.17. The Morgan fingerprint density at radius 3 is 3.07 bits per heavy atom. The van der Waals surface area contributed by atoms with Crippen LogP contribution >= 0.6 is 0 Å². The van der Waals surface area contributed by atoms with E-state index in [1.165, 1.54) is 5.56 Å². The average Bonchev–Trinajstić information content (AvgIpc) is 2.50. The number of hydrogen-bond donors (Lipinski definition) is 1. The number of nitrogens with two attached hydrogens (primary N) is 1. The lowest BCUT2D eigenvalue weighted by Gasteiger charge is -2.07. The first-order valence-corrected chi connectivity index (χ1v) is 4.70. The average molecular weight is 191 g/mol. The zero-order chi connectivity index (χ0) is 10.1. The van der Waals surface area contributed by atoms with Crippen molar-refractivity contribution in [3.8, 4) is 5.75 Å². The maximum absolute atomic E-state index is 10.8. The van der Waals surface area contributed by atoms with Crippen LogP contribution in [0.5, 0.6) is 5.75 Å². The summed E-state index contributed by atoms with van der Waals surface area (Å²) < 4.78 is 5.48. The van der Waals surface area contributed by atoms with E-state index in [2.05, 4.69) is 6.07 Å². The highest BCUT2D eigenvalue weighted by atomic mass is 16.5. The molecule has 0 atom stereocenters. The van der Waals surface area contributed by atoms with E-state index >= 15 is 0 Å². The molecule has 1 aromatic carbocycles. The maximum atomic E-state index is 10.8. The molecule has 0 spiro atoms. The molecule has 3 heteroatoms. The van der Waals surface area contributed by atoms with E-state index in [0.29, 0.717) is 6.61 Å². The molecule has 14 heavy (non-hydrogen) atoms. The molecule has 1 aromatic rings. The Morgan fingerprint density at radius 2 is 2.36 bits per heavy atom. The third-order valence-electron chi connectivity index (χ3n) is 2.37.